The molecule has 1 N–H and O–H groups in total. The zero-order chi connectivity index (χ0) is 17.6. The normalized spacial score (nSPS) is 11.0. The Kier molecular flexibility index (Phi) is 5.26. The number of halogens is 2. The maximum atomic E-state index is 12.9. The summed E-state index contributed by atoms with van der Waals surface area (Å²) in [5.74, 6) is -0.552. The summed E-state index contributed by atoms with van der Waals surface area (Å²) >= 11 is 6.04. The first kappa shape index (κ1) is 16.9. The van der Waals surface area contributed by atoms with Gasteiger partial charge in [0.25, 0.3) is 0 Å². The van der Waals surface area contributed by atoms with Crippen LogP contribution in [0, 0.1) is 5.82 Å². The minimum absolute atomic E-state index is 0.275. The monoisotopic (exact) mass is 355 g/mol. The number of benzene rings is 2. The number of anilines is 1. The van der Waals surface area contributed by atoms with Crippen LogP contribution in [0.1, 0.15) is 11.1 Å². The van der Waals surface area contributed by atoms with Gasteiger partial charge in [-0.15, -0.1) is 0 Å². The number of nitrogens with one attached hydrogen (secondary N) is 1. The van der Waals surface area contributed by atoms with Gasteiger partial charge in [0.15, 0.2) is 0 Å². The first-order valence-electron chi connectivity index (χ1n) is 7.61. The molecule has 1 aromatic heterocycles. The number of hydrogen-bond donors (Lipinski definition) is 1. The molecule has 0 saturated carbocycles. The molecule has 0 fully saturated rings. The Hall–Kier alpha value is -2.92. The van der Waals surface area contributed by atoms with Crippen LogP contribution in [-0.2, 0) is 11.3 Å². The zero-order valence-electron chi connectivity index (χ0n) is 13.2. The summed E-state index contributed by atoms with van der Waals surface area (Å²) in [6.45, 7) is 0.492. The van der Waals surface area contributed by atoms with E-state index in [0.717, 1.165) is 11.1 Å². The summed E-state index contributed by atoms with van der Waals surface area (Å²) in [6, 6.07) is 13.5. The summed E-state index contributed by atoms with van der Waals surface area (Å²) in [4.78, 5) is 12.0. The van der Waals surface area contributed by atoms with E-state index in [2.05, 4.69) is 10.4 Å². The second-order valence-corrected chi connectivity index (χ2v) is 5.80. The van der Waals surface area contributed by atoms with Crippen LogP contribution in [0.25, 0.3) is 6.08 Å². The van der Waals surface area contributed by atoms with Crippen molar-refractivity contribution in [2.24, 2.45) is 0 Å². The van der Waals surface area contributed by atoms with Crippen molar-refractivity contribution < 1.29 is 9.18 Å². The molecule has 0 aliphatic carbocycles. The minimum Gasteiger partial charge on any atom is -0.320 e. The van der Waals surface area contributed by atoms with Gasteiger partial charge in [0.2, 0.25) is 5.91 Å². The summed E-state index contributed by atoms with van der Waals surface area (Å²) in [5.41, 5.74) is 2.27. The van der Waals surface area contributed by atoms with Gasteiger partial charge in [-0.1, -0.05) is 41.9 Å². The number of rotatable bonds is 5. The van der Waals surface area contributed by atoms with E-state index in [4.69, 9.17) is 11.6 Å². The lowest BCUT2D eigenvalue weighted by atomic mass is 10.2. The Morgan fingerprint density at radius 2 is 1.96 bits per heavy atom. The Morgan fingerprint density at radius 1 is 1.20 bits per heavy atom. The van der Waals surface area contributed by atoms with Crippen LogP contribution in [0.3, 0.4) is 0 Å². The number of carbonyl (C=O) groups excluding carboxylic acids is 1. The van der Waals surface area contributed by atoms with Crippen molar-refractivity contribution in [1.82, 2.24) is 9.78 Å². The van der Waals surface area contributed by atoms with Gasteiger partial charge in [-0.2, -0.15) is 5.10 Å². The summed E-state index contributed by atoms with van der Waals surface area (Å²) in [5, 5.41) is 7.50. The first-order valence-corrected chi connectivity index (χ1v) is 7.98. The lowest BCUT2D eigenvalue weighted by Crippen LogP contribution is -2.07. The molecule has 6 heteroatoms. The van der Waals surface area contributed by atoms with Crippen molar-refractivity contribution in [3.05, 3.63) is 89.0 Å². The van der Waals surface area contributed by atoms with Gasteiger partial charge < -0.3 is 5.32 Å². The summed E-state index contributed by atoms with van der Waals surface area (Å²) < 4.78 is 14.6. The molecule has 4 nitrogen and oxygen atoms in total. The lowest BCUT2D eigenvalue weighted by molar-refractivity contribution is -0.111. The van der Waals surface area contributed by atoms with E-state index in [1.165, 1.54) is 18.2 Å². The van der Waals surface area contributed by atoms with Gasteiger partial charge in [0.1, 0.15) is 5.82 Å². The number of hydrogen-bond acceptors (Lipinski definition) is 2. The third kappa shape index (κ3) is 4.78. The highest BCUT2D eigenvalue weighted by atomic mass is 35.5. The van der Waals surface area contributed by atoms with Crippen molar-refractivity contribution in [2.45, 2.75) is 6.54 Å². The maximum absolute atomic E-state index is 12.9. The molecular weight excluding hydrogens is 341 g/mol. The van der Waals surface area contributed by atoms with Gasteiger partial charge in [0, 0.05) is 17.3 Å². The second kappa shape index (κ2) is 7.77. The molecule has 2 aromatic carbocycles. The van der Waals surface area contributed by atoms with Gasteiger partial charge in [-0.25, -0.2) is 4.39 Å². The molecule has 3 aromatic rings. The highest BCUT2D eigenvalue weighted by Crippen LogP contribution is 2.16. The number of aromatic nitrogens is 2. The van der Waals surface area contributed by atoms with E-state index in [1.54, 1.807) is 41.4 Å². The Morgan fingerprint density at radius 3 is 2.72 bits per heavy atom. The fourth-order valence-electron chi connectivity index (χ4n) is 2.25. The Balaban J connectivity index is 1.60. The van der Waals surface area contributed by atoms with Crippen LogP contribution in [0.15, 0.2) is 67.0 Å². The van der Waals surface area contributed by atoms with E-state index in [1.807, 2.05) is 18.2 Å². The smallest absolute Gasteiger partial charge is 0.248 e. The molecule has 25 heavy (non-hydrogen) atoms. The van der Waals surface area contributed by atoms with Crippen molar-refractivity contribution in [2.75, 3.05) is 5.32 Å². The largest absolute Gasteiger partial charge is 0.320 e. The third-order valence-corrected chi connectivity index (χ3v) is 3.82. The number of nitrogens with zero attached hydrogens (tertiary/aromatic N) is 2. The molecule has 0 spiro atoms. The maximum Gasteiger partial charge on any atom is 0.248 e. The number of amides is 1. The molecule has 126 valence electrons. The molecule has 0 aliphatic heterocycles. The standard InChI is InChI=1S/C19H15ClFN3O/c20-18-4-2-1-3-15(18)7-10-19(25)23-17-11-22-24(13-17)12-14-5-8-16(21)9-6-14/h1-11,13H,12H2,(H,23,25)/b10-7+. The van der Waals surface area contributed by atoms with Crippen LogP contribution < -0.4 is 5.32 Å². The molecule has 0 bridgehead atoms. The van der Waals surface area contributed by atoms with Crippen LogP contribution in [0.5, 0.6) is 0 Å². The Bertz CT molecular complexity index is 903. The van der Waals surface area contributed by atoms with Crippen molar-refractivity contribution in [1.29, 1.82) is 0 Å². The second-order valence-electron chi connectivity index (χ2n) is 5.40. The summed E-state index contributed by atoms with van der Waals surface area (Å²) in [6.07, 6.45) is 6.34. The molecule has 0 unspecified atom stereocenters. The van der Waals surface area contributed by atoms with E-state index < -0.39 is 0 Å². The molecule has 1 amide bonds. The highest BCUT2D eigenvalue weighted by Gasteiger charge is 2.03. The molecular formula is C19H15ClFN3O. The van der Waals surface area contributed by atoms with Gasteiger partial charge in [-0.05, 0) is 35.4 Å². The number of carbonyl (C=O) groups is 1. The van der Waals surface area contributed by atoms with Gasteiger partial charge in [-0.3, -0.25) is 9.48 Å². The fourth-order valence-corrected chi connectivity index (χ4v) is 2.45. The third-order valence-electron chi connectivity index (χ3n) is 3.48. The molecule has 0 aliphatic rings. The van der Waals surface area contributed by atoms with Crippen LogP contribution in [-0.4, -0.2) is 15.7 Å². The van der Waals surface area contributed by atoms with Crippen molar-refractivity contribution in [3.8, 4) is 0 Å². The van der Waals surface area contributed by atoms with E-state index in [0.29, 0.717) is 17.3 Å². The van der Waals surface area contributed by atoms with Crippen LogP contribution >= 0.6 is 11.6 Å². The molecule has 0 saturated heterocycles. The topological polar surface area (TPSA) is 46.9 Å². The SMILES string of the molecule is O=C(/C=C/c1ccccc1Cl)Nc1cnn(Cc2ccc(F)cc2)c1. The predicted molar refractivity (Wildman–Crippen MR) is 96.8 cm³/mol. The summed E-state index contributed by atoms with van der Waals surface area (Å²) in [7, 11) is 0. The van der Waals surface area contributed by atoms with Crippen molar-refractivity contribution in [3.63, 3.8) is 0 Å². The molecule has 3 rings (SSSR count). The van der Waals surface area contributed by atoms with Gasteiger partial charge >= 0.3 is 0 Å². The molecule has 0 radical (unpaired) electrons. The van der Waals surface area contributed by atoms with Crippen LogP contribution in [0.4, 0.5) is 10.1 Å². The van der Waals surface area contributed by atoms with Crippen LogP contribution in [0.2, 0.25) is 5.02 Å². The highest BCUT2D eigenvalue weighted by molar-refractivity contribution is 6.32. The predicted octanol–water partition coefficient (Wildman–Crippen LogP) is 4.38. The quantitative estimate of drug-likeness (QED) is 0.690. The van der Waals surface area contributed by atoms with E-state index in [-0.39, 0.29) is 11.7 Å². The minimum atomic E-state index is -0.277. The van der Waals surface area contributed by atoms with Crippen molar-refractivity contribution >= 4 is 29.3 Å². The average molecular weight is 356 g/mol. The molecule has 0 atom stereocenters. The Labute approximate surface area is 149 Å². The van der Waals surface area contributed by atoms with E-state index in [9.17, 15) is 9.18 Å². The first-order chi connectivity index (χ1) is 12.1. The van der Waals surface area contributed by atoms with Gasteiger partial charge in [0.05, 0.1) is 18.4 Å². The zero-order valence-corrected chi connectivity index (χ0v) is 13.9. The van der Waals surface area contributed by atoms with E-state index >= 15 is 0 Å². The lowest BCUT2D eigenvalue weighted by Gasteiger charge is -2.01. The molecule has 1 heterocycles. The fraction of sp³-hybridized carbons (Fsp3) is 0.0526. The average Bonchev–Trinajstić information content (AvgIpc) is 3.03.